The molecule has 0 radical (unpaired) electrons. The minimum Gasteiger partial charge on any atom is -0.484 e. The van der Waals surface area contributed by atoms with E-state index < -0.39 is 0 Å². The van der Waals surface area contributed by atoms with Crippen molar-refractivity contribution in [2.24, 2.45) is 0 Å². The molecule has 0 saturated heterocycles. The zero-order valence-corrected chi connectivity index (χ0v) is 22.4. The van der Waals surface area contributed by atoms with Crippen molar-refractivity contribution in [3.8, 4) is 5.75 Å². The second-order valence-electron chi connectivity index (χ2n) is 12.1. The molecule has 0 fully saturated rings. The zero-order valence-electron chi connectivity index (χ0n) is 22.4. The van der Waals surface area contributed by atoms with Crippen LogP contribution in [0, 0.1) is 0 Å². The predicted molar refractivity (Wildman–Crippen MR) is 151 cm³/mol. The van der Waals surface area contributed by atoms with E-state index in [-0.39, 0.29) is 11.5 Å². The van der Waals surface area contributed by atoms with Crippen molar-refractivity contribution in [1.29, 1.82) is 0 Å². The minimum atomic E-state index is 0.0121. The molecule has 2 aromatic rings. The van der Waals surface area contributed by atoms with E-state index >= 15 is 0 Å². The van der Waals surface area contributed by atoms with Crippen molar-refractivity contribution in [2.75, 3.05) is 31.1 Å². The van der Waals surface area contributed by atoms with Crippen molar-refractivity contribution < 1.29 is 14.4 Å². The Hall–Kier alpha value is -2.59. The third kappa shape index (κ3) is 3.70. The van der Waals surface area contributed by atoms with Gasteiger partial charge in [0, 0.05) is 54.6 Å². The fourth-order valence-electron chi connectivity index (χ4n) is 8.05. The number of nitrogens with zero attached hydrogens (tertiary/aromatic N) is 2. The van der Waals surface area contributed by atoms with E-state index in [0.717, 1.165) is 38.6 Å². The number of fused-ring (bicyclic) bond motifs is 6. The summed E-state index contributed by atoms with van der Waals surface area (Å²) in [7, 11) is 0. The van der Waals surface area contributed by atoms with E-state index in [4.69, 9.17) is 9.84 Å². The molecule has 0 saturated carbocycles. The lowest BCUT2D eigenvalue weighted by Crippen LogP contribution is -2.44. The summed E-state index contributed by atoms with van der Waals surface area (Å²) in [5.41, 5.74) is 11.7. The van der Waals surface area contributed by atoms with Crippen LogP contribution < -0.4 is 9.64 Å². The number of unbranched alkanes of at least 4 members (excludes halogenated alkanes) is 4. The van der Waals surface area contributed by atoms with Gasteiger partial charge in [0.1, 0.15) is 11.9 Å². The molecule has 5 heterocycles. The summed E-state index contributed by atoms with van der Waals surface area (Å²) < 4.78 is 9.64. The van der Waals surface area contributed by atoms with E-state index in [1.54, 1.807) is 0 Å². The molecule has 4 nitrogen and oxygen atoms in total. The summed E-state index contributed by atoms with van der Waals surface area (Å²) in [5, 5.41) is 9.14. The van der Waals surface area contributed by atoms with E-state index in [2.05, 4.69) is 52.8 Å². The standard InChI is InChI=1S/C33H41N2O2/c1-33(16-7-3-2-4-8-20-36)27-13-5-6-14-28(27)35-19-15-29-26(32(33)35)22-24-21-23-11-9-17-34-18-10-12-25(30(23)34)31(24)37-29/h5-6,13-14,21-22,29,36H,2-4,7-12,15-20H2,1H3/q+1. The predicted octanol–water partition coefficient (Wildman–Crippen LogP) is 6.32. The van der Waals surface area contributed by atoms with Crippen LogP contribution in [0.25, 0.3) is 6.08 Å². The number of hydrogen-bond acceptors (Lipinski definition) is 3. The number of benzene rings is 2. The van der Waals surface area contributed by atoms with E-state index in [9.17, 15) is 0 Å². The van der Waals surface area contributed by atoms with Gasteiger partial charge in [-0.3, -0.25) is 0 Å². The summed E-state index contributed by atoms with van der Waals surface area (Å²) in [6.07, 6.45) is 15.5. The Morgan fingerprint density at radius 3 is 2.76 bits per heavy atom. The molecule has 5 aliphatic heterocycles. The summed E-state index contributed by atoms with van der Waals surface area (Å²) in [5.74, 6) is 1.19. The molecule has 0 aromatic heterocycles. The molecule has 0 amide bonds. The average molecular weight is 498 g/mol. The summed E-state index contributed by atoms with van der Waals surface area (Å²) in [6.45, 7) is 6.24. The van der Waals surface area contributed by atoms with E-state index in [1.165, 1.54) is 102 Å². The first kappa shape index (κ1) is 23.5. The van der Waals surface area contributed by atoms with Crippen molar-refractivity contribution >= 4 is 23.2 Å². The Kier molecular flexibility index (Phi) is 5.92. The summed E-state index contributed by atoms with van der Waals surface area (Å²) in [6, 6.07) is 11.6. The SMILES string of the molecule is CC1(CCCCCCCO)C2=[N+](CCC3Oc4c(cc5c6c4CCCN6CCC5)C=C23)c2ccccc21. The highest BCUT2D eigenvalue weighted by atomic mass is 16.5. The lowest BCUT2D eigenvalue weighted by Gasteiger charge is -2.40. The van der Waals surface area contributed by atoms with Gasteiger partial charge in [0.2, 0.25) is 5.69 Å². The van der Waals surface area contributed by atoms with Crippen LogP contribution in [0.5, 0.6) is 5.75 Å². The molecular formula is C33H41N2O2+. The molecule has 0 bridgehead atoms. The molecule has 194 valence electrons. The van der Waals surface area contributed by atoms with Crippen LogP contribution in [0.4, 0.5) is 11.4 Å². The van der Waals surface area contributed by atoms with Gasteiger partial charge in [0.05, 0.1) is 11.0 Å². The molecule has 0 spiro atoms. The Balaban J connectivity index is 1.29. The average Bonchev–Trinajstić information content (AvgIpc) is 3.19. The lowest BCUT2D eigenvalue weighted by atomic mass is 9.71. The van der Waals surface area contributed by atoms with E-state index in [0.29, 0.717) is 6.61 Å². The van der Waals surface area contributed by atoms with Crippen LogP contribution in [-0.4, -0.2) is 47.7 Å². The molecule has 5 aliphatic rings. The first-order valence-electron chi connectivity index (χ1n) is 14.9. The fourth-order valence-corrected chi connectivity index (χ4v) is 8.05. The van der Waals surface area contributed by atoms with Crippen molar-refractivity contribution in [3.05, 3.63) is 58.2 Å². The van der Waals surface area contributed by atoms with Crippen LogP contribution in [0.3, 0.4) is 0 Å². The highest BCUT2D eigenvalue weighted by Crippen LogP contribution is 2.51. The third-order valence-electron chi connectivity index (χ3n) is 9.72. The number of aliphatic hydroxyl groups is 1. The Morgan fingerprint density at radius 2 is 1.86 bits per heavy atom. The van der Waals surface area contributed by atoms with E-state index in [1.807, 2.05) is 0 Å². The molecule has 4 heteroatoms. The van der Waals surface area contributed by atoms with Gasteiger partial charge in [-0.05, 0) is 63.2 Å². The third-order valence-corrected chi connectivity index (χ3v) is 9.72. The largest absolute Gasteiger partial charge is 0.484 e. The zero-order chi connectivity index (χ0) is 25.0. The smallest absolute Gasteiger partial charge is 0.209 e. The molecule has 2 unspecified atom stereocenters. The maximum Gasteiger partial charge on any atom is 0.209 e. The topological polar surface area (TPSA) is 35.7 Å². The van der Waals surface area contributed by atoms with Gasteiger partial charge in [0.15, 0.2) is 12.3 Å². The molecule has 1 N–H and O–H groups in total. The van der Waals surface area contributed by atoms with Crippen molar-refractivity contribution in [3.63, 3.8) is 0 Å². The van der Waals surface area contributed by atoms with Crippen molar-refractivity contribution in [1.82, 2.24) is 0 Å². The van der Waals surface area contributed by atoms with Gasteiger partial charge in [-0.2, -0.15) is 4.58 Å². The summed E-state index contributed by atoms with van der Waals surface area (Å²) in [4.78, 5) is 2.63. The highest BCUT2D eigenvalue weighted by molar-refractivity contribution is 6.11. The molecule has 2 atom stereocenters. The number of rotatable bonds is 7. The van der Waals surface area contributed by atoms with Gasteiger partial charge in [-0.25, -0.2) is 0 Å². The first-order valence-corrected chi connectivity index (χ1v) is 14.9. The van der Waals surface area contributed by atoms with Gasteiger partial charge in [-0.15, -0.1) is 0 Å². The van der Waals surface area contributed by atoms with Gasteiger partial charge >= 0.3 is 0 Å². The minimum absolute atomic E-state index is 0.0121. The second kappa shape index (κ2) is 9.31. The number of hydrogen-bond donors (Lipinski definition) is 1. The van der Waals surface area contributed by atoms with Crippen LogP contribution >= 0.6 is 0 Å². The fraction of sp³-hybridized carbons (Fsp3) is 0.545. The first-order chi connectivity index (χ1) is 18.2. The molecule has 7 rings (SSSR count). The van der Waals surface area contributed by atoms with Crippen molar-refractivity contribution in [2.45, 2.75) is 89.1 Å². The quantitative estimate of drug-likeness (QED) is 0.359. The number of aryl methyl sites for hydroxylation is 1. The molecule has 2 aromatic carbocycles. The van der Waals surface area contributed by atoms with Crippen LogP contribution in [0.15, 0.2) is 35.9 Å². The maximum atomic E-state index is 9.14. The monoisotopic (exact) mass is 497 g/mol. The molecular weight excluding hydrogens is 456 g/mol. The number of aliphatic hydroxyl groups excluding tert-OH is 1. The Bertz CT molecular complexity index is 1290. The van der Waals surface area contributed by atoms with Gasteiger partial charge in [0.25, 0.3) is 0 Å². The number of anilines is 1. The van der Waals surface area contributed by atoms with Gasteiger partial charge < -0.3 is 14.7 Å². The Morgan fingerprint density at radius 1 is 1.05 bits per heavy atom. The lowest BCUT2D eigenvalue weighted by molar-refractivity contribution is -0.444. The van der Waals surface area contributed by atoms with Crippen LogP contribution in [0.2, 0.25) is 0 Å². The van der Waals surface area contributed by atoms with Gasteiger partial charge in [-0.1, -0.05) is 43.9 Å². The number of ether oxygens (including phenoxy) is 1. The second-order valence-corrected chi connectivity index (χ2v) is 12.1. The van der Waals surface area contributed by atoms with Crippen LogP contribution in [0.1, 0.15) is 87.0 Å². The summed E-state index contributed by atoms with van der Waals surface area (Å²) >= 11 is 0. The highest BCUT2D eigenvalue weighted by Gasteiger charge is 2.54. The molecule has 0 aliphatic carbocycles. The maximum absolute atomic E-state index is 9.14. The normalized spacial score (nSPS) is 25.0. The number of para-hydroxylation sites is 1. The Labute approximate surface area is 221 Å². The van der Waals surface area contributed by atoms with Crippen LogP contribution in [-0.2, 0) is 18.3 Å². The molecule has 37 heavy (non-hydrogen) atoms.